The molecule has 0 radical (unpaired) electrons. The number of amides is 2. The van der Waals surface area contributed by atoms with Crippen molar-refractivity contribution in [3.8, 4) is 0 Å². The number of nitrogens with one attached hydrogen (secondary N) is 2. The van der Waals surface area contributed by atoms with E-state index in [0.29, 0.717) is 11.6 Å². The van der Waals surface area contributed by atoms with Gasteiger partial charge in [0.05, 0.1) is 12.7 Å². The Morgan fingerprint density at radius 3 is 2.92 bits per heavy atom. The maximum atomic E-state index is 12.1. The average molecular weight is 375 g/mol. The summed E-state index contributed by atoms with van der Waals surface area (Å²) < 4.78 is 5.55. The molecule has 138 valence electrons. The Hall–Kier alpha value is -2.31. The van der Waals surface area contributed by atoms with Gasteiger partial charge in [-0.1, -0.05) is 17.7 Å². The summed E-state index contributed by atoms with van der Waals surface area (Å²) in [5.41, 5.74) is 2.60. The van der Waals surface area contributed by atoms with Gasteiger partial charge in [-0.2, -0.15) is 0 Å². The largest absolute Gasteiger partial charge is 0.375 e. The zero-order valence-electron chi connectivity index (χ0n) is 15.0. The third kappa shape index (κ3) is 4.86. The highest BCUT2D eigenvalue weighted by Crippen LogP contribution is 2.19. The molecule has 7 heteroatoms. The van der Waals surface area contributed by atoms with Gasteiger partial charge in [-0.05, 0) is 49.2 Å². The van der Waals surface area contributed by atoms with E-state index in [1.807, 2.05) is 25.1 Å². The molecule has 2 amide bonds. The summed E-state index contributed by atoms with van der Waals surface area (Å²) >= 11 is 5.93. The van der Waals surface area contributed by atoms with Crippen molar-refractivity contribution in [2.24, 2.45) is 0 Å². The lowest BCUT2D eigenvalue weighted by Crippen LogP contribution is -2.41. The van der Waals surface area contributed by atoms with E-state index in [0.717, 1.165) is 42.3 Å². The highest BCUT2D eigenvalue weighted by molar-refractivity contribution is 6.30. The van der Waals surface area contributed by atoms with Crippen LogP contribution in [0, 0.1) is 6.92 Å². The van der Waals surface area contributed by atoms with Crippen molar-refractivity contribution in [3.63, 3.8) is 0 Å². The van der Waals surface area contributed by atoms with Gasteiger partial charge in [0.1, 0.15) is 5.82 Å². The van der Waals surface area contributed by atoms with Crippen molar-refractivity contribution >= 4 is 29.1 Å². The molecular weight excluding hydrogens is 352 g/mol. The van der Waals surface area contributed by atoms with Crippen LogP contribution >= 0.6 is 11.6 Å². The molecule has 0 spiro atoms. The second-order valence-corrected chi connectivity index (χ2v) is 6.86. The van der Waals surface area contributed by atoms with Gasteiger partial charge in [-0.3, -0.25) is 0 Å². The normalized spacial score (nSPS) is 17.0. The van der Waals surface area contributed by atoms with Crippen molar-refractivity contribution in [2.45, 2.75) is 26.5 Å². The summed E-state index contributed by atoms with van der Waals surface area (Å²) in [6.07, 6.45) is 2.01. The van der Waals surface area contributed by atoms with E-state index in [-0.39, 0.29) is 12.1 Å². The molecule has 2 heterocycles. The second-order valence-electron chi connectivity index (χ2n) is 6.42. The lowest BCUT2D eigenvalue weighted by atomic mass is 10.2. The molecular formula is C19H23ClN4O2. The van der Waals surface area contributed by atoms with Crippen LogP contribution in [0.1, 0.15) is 18.1 Å². The van der Waals surface area contributed by atoms with Crippen LogP contribution in [0.5, 0.6) is 0 Å². The van der Waals surface area contributed by atoms with Crippen LogP contribution in [-0.4, -0.2) is 36.8 Å². The second kappa shape index (κ2) is 8.38. The third-order valence-corrected chi connectivity index (χ3v) is 4.50. The van der Waals surface area contributed by atoms with Crippen molar-refractivity contribution < 1.29 is 9.53 Å². The minimum Gasteiger partial charge on any atom is -0.375 e. The van der Waals surface area contributed by atoms with Gasteiger partial charge in [-0.25, -0.2) is 9.78 Å². The predicted molar refractivity (Wildman–Crippen MR) is 104 cm³/mol. The molecule has 1 aliphatic rings. The number of rotatable bonds is 4. The number of aromatic nitrogens is 1. The third-order valence-electron chi connectivity index (χ3n) is 4.26. The molecule has 26 heavy (non-hydrogen) atoms. The molecule has 1 atom stereocenters. The van der Waals surface area contributed by atoms with Gasteiger partial charge in [0.25, 0.3) is 0 Å². The molecule has 1 aromatic carbocycles. The summed E-state index contributed by atoms with van der Waals surface area (Å²) in [6, 6.07) is 9.05. The number of carbonyl (C=O) groups is 1. The molecule has 1 aliphatic heterocycles. The van der Waals surface area contributed by atoms with E-state index in [1.165, 1.54) is 0 Å². The fourth-order valence-corrected chi connectivity index (χ4v) is 3.08. The van der Waals surface area contributed by atoms with Gasteiger partial charge in [-0.15, -0.1) is 0 Å². The number of pyridine rings is 1. The predicted octanol–water partition coefficient (Wildman–Crippen LogP) is 3.59. The Balaban J connectivity index is 1.52. The van der Waals surface area contributed by atoms with Gasteiger partial charge in [0.15, 0.2) is 0 Å². The number of hydrogen-bond donors (Lipinski definition) is 2. The van der Waals surface area contributed by atoms with E-state index in [2.05, 4.69) is 27.4 Å². The maximum absolute atomic E-state index is 12.1. The summed E-state index contributed by atoms with van der Waals surface area (Å²) in [4.78, 5) is 18.8. The first-order valence-corrected chi connectivity index (χ1v) is 9.01. The molecule has 2 aromatic rings. The molecule has 0 unspecified atom stereocenters. The van der Waals surface area contributed by atoms with Gasteiger partial charge >= 0.3 is 6.03 Å². The SMILES string of the molecule is Cc1cc(Cl)ccc1NC(=O)NCc1ccc(N2CCO[C@@H](C)C2)nc1. The highest BCUT2D eigenvalue weighted by atomic mass is 35.5. The number of ether oxygens (including phenoxy) is 1. The summed E-state index contributed by atoms with van der Waals surface area (Å²) in [5, 5.41) is 6.31. The van der Waals surface area contributed by atoms with Crippen LogP contribution in [-0.2, 0) is 11.3 Å². The van der Waals surface area contributed by atoms with E-state index < -0.39 is 0 Å². The summed E-state index contributed by atoms with van der Waals surface area (Å²) in [7, 11) is 0. The first kappa shape index (κ1) is 18.5. The zero-order chi connectivity index (χ0) is 18.5. The van der Waals surface area contributed by atoms with Gasteiger partial charge in [0, 0.05) is 36.5 Å². The molecule has 1 saturated heterocycles. The molecule has 1 fully saturated rings. The van der Waals surface area contributed by atoms with E-state index in [1.54, 1.807) is 18.3 Å². The summed E-state index contributed by atoms with van der Waals surface area (Å²) in [5.74, 6) is 0.935. The number of nitrogens with zero attached hydrogens (tertiary/aromatic N) is 2. The Labute approximate surface area is 158 Å². The standard InChI is InChI=1S/C19H23ClN4O2/c1-13-9-16(20)4-5-17(13)23-19(25)22-11-15-3-6-18(21-10-15)24-7-8-26-14(2)12-24/h3-6,9-10,14H,7-8,11-12H2,1-2H3,(H2,22,23,25)/t14-/m0/s1. The molecule has 6 nitrogen and oxygen atoms in total. The number of morpholine rings is 1. The fraction of sp³-hybridized carbons (Fsp3) is 0.368. The van der Waals surface area contributed by atoms with Crippen molar-refractivity contribution in [3.05, 3.63) is 52.7 Å². The molecule has 2 N–H and O–H groups in total. The Morgan fingerprint density at radius 2 is 2.23 bits per heavy atom. The number of urea groups is 1. The first-order valence-electron chi connectivity index (χ1n) is 8.64. The monoisotopic (exact) mass is 374 g/mol. The molecule has 3 rings (SSSR count). The van der Waals surface area contributed by atoms with Crippen LogP contribution in [0.2, 0.25) is 5.02 Å². The van der Waals surface area contributed by atoms with Gasteiger partial charge < -0.3 is 20.3 Å². The van der Waals surface area contributed by atoms with Crippen molar-refractivity contribution in [1.82, 2.24) is 10.3 Å². The number of hydrogen-bond acceptors (Lipinski definition) is 4. The molecule has 0 saturated carbocycles. The van der Waals surface area contributed by atoms with Crippen LogP contribution in [0.4, 0.5) is 16.3 Å². The quantitative estimate of drug-likeness (QED) is 0.858. The number of aryl methyl sites for hydroxylation is 1. The Morgan fingerprint density at radius 1 is 1.38 bits per heavy atom. The van der Waals surface area contributed by atoms with E-state index in [9.17, 15) is 4.79 Å². The first-order chi connectivity index (χ1) is 12.5. The van der Waals surface area contributed by atoms with Crippen LogP contribution in [0.15, 0.2) is 36.5 Å². The maximum Gasteiger partial charge on any atom is 0.319 e. The number of benzene rings is 1. The average Bonchev–Trinajstić information content (AvgIpc) is 2.63. The van der Waals surface area contributed by atoms with Crippen molar-refractivity contribution in [2.75, 3.05) is 29.9 Å². The van der Waals surface area contributed by atoms with E-state index >= 15 is 0 Å². The number of carbonyl (C=O) groups excluding carboxylic acids is 1. The van der Waals surface area contributed by atoms with Crippen LogP contribution in [0.25, 0.3) is 0 Å². The smallest absolute Gasteiger partial charge is 0.319 e. The lowest BCUT2D eigenvalue weighted by molar-refractivity contribution is 0.0529. The lowest BCUT2D eigenvalue weighted by Gasteiger charge is -2.32. The topological polar surface area (TPSA) is 66.5 Å². The minimum absolute atomic E-state index is 0.215. The zero-order valence-corrected chi connectivity index (χ0v) is 15.7. The van der Waals surface area contributed by atoms with Crippen LogP contribution in [0.3, 0.4) is 0 Å². The van der Waals surface area contributed by atoms with E-state index in [4.69, 9.17) is 16.3 Å². The Bertz CT molecular complexity index is 767. The van der Waals surface area contributed by atoms with Gasteiger partial charge in [0.2, 0.25) is 0 Å². The van der Waals surface area contributed by atoms with Crippen molar-refractivity contribution in [1.29, 1.82) is 0 Å². The molecule has 0 aliphatic carbocycles. The Kier molecular flexibility index (Phi) is 5.96. The highest BCUT2D eigenvalue weighted by Gasteiger charge is 2.17. The number of anilines is 2. The number of halogens is 1. The minimum atomic E-state index is -0.262. The van der Waals surface area contributed by atoms with Crippen LogP contribution < -0.4 is 15.5 Å². The fourth-order valence-electron chi connectivity index (χ4n) is 2.85. The molecule has 0 bridgehead atoms. The summed E-state index contributed by atoms with van der Waals surface area (Å²) in [6.45, 7) is 6.77. The molecule has 1 aromatic heterocycles.